The van der Waals surface area contributed by atoms with Gasteiger partial charge in [0, 0.05) is 17.4 Å². The van der Waals surface area contributed by atoms with Gasteiger partial charge in [0.2, 0.25) is 0 Å². The van der Waals surface area contributed by atoms with Crippen LogP contribution in [-0.4, -0.2) is 39.0 Å². The van der Waals surface area contributed by atoms with Crippen LogP contribution >= 0.6 is 11.6 Å². The van der Waals surface area contributed by atoms with Crippen LogP contribution in [0.1, 0.15) is 22.9 Å². The van der Waals surface area contributed by atoms with Gasteiger partial charge in [0.15, 0.2) is 5.82 Å². The molecule has 2 aromatic carbocycles. The fourth-order valence-electron chi connectivity index (χ4n) is 2.56. The summed E-state index contributed by atoms with van der Waals surface area (Å²) in [6.45, 7) is 0.266. The Kier molecular flexibility index (Phi) is 5.63. The number of benzene rings is 2. The highest BCUT2D eigenvalue weighted by Gasteiger charge is 2.20. The molecule has 0 aliphatic carbocycles. The first-order chi connectivity index (χ1) is 12.2. The molecule has 0 amide bonds. The van der Waals surface area contributed by atoms with Gasteiger partial charge in [-0.3, -0.25) is 0 Å². The minimum absolute atomic E-state index is 0.0395. The van der Waals surface area contributed by atoms with Crippen LogP contribution in [0.25, 0.3) is 0 Å². The van der Waals surface area contributed by atoms with E-state index in [1.54, 1.807) is 7.11 Å². The number of aromatic nitrogens is 4. The number of methoxy groups -OCH3 is 1. The molecule has 0 saturated carbocycles. The maximum atomic E-state index is 8.98. The zero-order valence-electron chi connectivity index (χ0n) is 13.7. The summed E-state index contributed by atoms with van der Waals surface area (Å²) in [5.74, 6) is 1.13. The molecule has 0 aliphatic heterocycles. The van der Waals surface area contributed by atoms with Crippen LogP contribution in [0.5, 0.6) is 5.75 Å². The van der Waals surface area contributed by atoms with Crippen molar-refractivity contribution < 1.29 is 9.84 Å². The van der Waals surface area contributed by atoms with E-state index in [2.05, 4.69) is 15.4 Å². The number of ether oxygens (including phenoxy) is 1. The molecule has 0 unspecified atom stereocenters. The van der Waals surface area contributed by atoms with Crippen molar-refractivity contribution >= 4 is 11.6 Å². The highest BCUT2D eigenvalue weighted by Crippen LogP contribution is 2.34. The summed E-state index contributed by atoms with van der Waals surface area (Å²) in [6, 6.07) is 15.5. The number of halogens is 1. The molecule has 0 fully saturated rings. The first-order valence-electron chi connectivity index (χ1n) is 7.83. The van der Waals surface area contributed by atoms with E-state index in [-0.39, 0.29) is 12.5 Å². The Balaban J connectivity index is 1.94. The average molecular weight is 358 g/mol. The summed E-state index contributed by atoms with van der Waals surface area (Å²) in [5.41, 5.74) is 1.99. The number of tetrazole rings is 1. The molecule has 1 heterocycles. The number of nitrogens with zero attached hydrogens (tertiary/aromatic N) is 4. The van der Waals surface area contributed by atoms with Crippen molar-refractivity contribution in [2.75, 3.05) is 13.7 Å². The summed E-state index contributed by atoms with van der Waals surface area (Å²) < 4.78 is 5.23. The minimum Gasteiger partial charge on any atom is -0.497 e. The van der Waals surface area contributed by atoms with Crippen molar-refractivity contribution in [2.45, 2.75) is 12.5 Å². The summed E-state index contributed by atoms with van der Waals surface area (Å²) in [6.07, 6.45) is 1.91. The average Bonchev–Trinajstić information content (AvgIpc) is 3.08. The van der Waals surface area contributed by atoms with Crippen LogP contribution in [0.2, 0.25) is 5.02 Å². The van der Waals surface area contributed by atoms with Crippen LogP contribution < -0.4 is 4.74 Å². The number of hydrogen-bond donors (Lipinski definition) is 1. The van der Waals surface area contributed by atoms with Crippen LogP contribution in [0.3, 0.4) is 0 Å². The number of aliphatic hydroxyl groups excluding tert-OH is 1. The van der Waals surface area contributed by atoms with Crippen LogP contribution in [0.15, 0.2) is 48.5 Å². The van der Waals surface area contributed by atoms with Crippen molar-refractivity contribution in [3.8, 4) is 5.75 Å². The van der Waals surface area contributed by atoms with E-state index < -0.39 is 0 Å². The standard InChI is InChI=1S/C18H18ClN4O2/c1-25-14-8-6-13(7-9-14)16(15-4-2-3-5-17(15)19)12-18-20-22-23(21-18)10-11-24/h2-9,12,16,24H,10-11H2,1H3/t16-/m0/s1. The molecule has 1 radical (unpaired) electrons. The van der Waals surface area contributed by atoms with Crippen molar-refractivity contribution in [3.05, 3.63) is 76.9 Å². The van der Waals surface area contributed by atoms with Gasteiger partial charge in [0.25, 0.3) is 0 Å². The van der Waals surface area contributed by atoms with Crippen LogP contribution in [0.4, 0.5) is 0 Å². The van der Waals surface area contributed by atoms with Gasteiger partial charge in [0.1, 0.15) is 5.75 Å². The quantitative estimate of drug-likeness (QED) is 0.703. The lowest BCUT2D eigenvalue weighted by Crippen LogP contribution is -2.07. The predicted octanol–water partition coefficient (Wildman–Crippen LogP) is 2.71. The monoisotopic (exact) mass is 357 g/mol. The van der Waals surface area contributed by atoms with Gasteiger partial charge in [-0.2, -0.15) is 4.80 Å². The molecule has 129 valence electrons. The SMILES string of the molecule is COc1ccc([C@H]([CH]c2nnn(CCO)n2)c2ccccc2Cl)cc1. The van der Waals surface area contributed by atoms with Crippen molar-refractivity contribution in [3.63, 3.8) is 0 Å². The fourth-order valence-corrected chi connectivity index (χ4v) is 2.81. The van der Waals surface area contributed by atoms with E-state index in [1.807, 2.05) is 55.0 Å². The second-order valence-electron chi connectivity index (χ2n) is 5.41. The predicted molar refractivity (Wildman–Crippen MR) is 94.6 cm³/mol. The lowest BCUT2D eigenvalue weighted by molar-refractivity contribution is 0.259. The van der Waals surface area contributed by atoms with E-state index in [9.17, 15) is 0 Å². The largest absolute Gasteiger partial charge is 0.497 e. The molecular weight excluding hydrogens is 340 g/mol. The molecule has 0 saturated heterocycles. The first-order valence-corrected chi connectivity index (χ1v) is 8.21. The van der Waals surface area contributed by atoms with Gasteiger partial charge < -0.3 is 9.84 Å². The lowest BCUT2D eigenvalue weighted by atomic mass is 9.88. The summed E-state index contributed by atoms with van der Waals surface area (Å²) >= 11 is 6.41. The molecule has 6 nitrogen and oxygen atoms in total. The Morgan fingerprint density at radius 1 is 1.20 bits per heavy atom. The normalized spacial score (nSPS) is 12.1. The number of aliphatic hydroxyl groups is 1. The molecule has 7 heteroatoms. The zero-order chi connectivity index (χ0) is 17.6. The second-order valence-corrected chi connectivity index (χ2v) is 5.81. The van der Waals surface area contributed by atoms with Gasteiger partial charge in [-0.25, -0.2) is 0 Å². The van der Waals surface area contributed by atoms with Gasteiger partial charge in [-0.15, -0.1) is 10.2 Å². The molecule has 25 heavy (non-hydrogen) atoms. The highest BCUT2D eigenvalue weighted by molar-refractivity contribution is 6.31. The molecule has 3 aromatic rings. The topological polar surface area (TPSA) is 73.1 Å². The second kappa shape index (κ2) is 8.09. The Hall–Kier alpha value is -2.44. The third-order valence-corrected chi connectivity index (χ3v) is 4.14. The Morgan fingerprint density at radius 2 is 1.96 bits per heavy atom. The molecule has 1 atom stereocenters. The molecule has 0 aliphatic rings. The summed E-state index contributed by atoms with van der Waals surface area (Å²) in [4.78, 5) is 1.36. The minimum atomic E-state index is -0.133. The third kappa shape index (κ3) is 4.15. The van der Waals surface area contributed by atoms with E-state index in [0.717, 1.165) is 16.9 Å². The maximum absolute atomic E-state index is 8.98. The molecule has 0 spiro atoms. The van der Waals surface area contributed by atoms with E-state index in [4.69, 9.17) is 21.4 Å². The Morgan fingerprint density at radius 3 is 2.64 bits per heavy atom. The van der Waals surface area contributed by atoms with Crippen molar-refractivity contribution in [2.24, 2.45) is 0 Å². The number of rotatable bonds is 7. The molecule has 1 aromatic heterocycles. The van der Waals surface area contributed by atoms with Crippen LogP contribution in [0, 0.1) is 6.42 Å². The van der Waals surface area contributed by atoms with Gasteiger partial charge in [0.05, 0.1) is 20.3 Å². The maximum Gasteiger partial charge on any atom is 0.179 e. The fraction of sp³-hybridized carbons (Fsp3) is 0.222. The van der Waals surface area contributed by atoms with E-state index in [0.29, 0.717) is 17.4 Å². The van der Waals surface area contributed by atoms with Gasteiger partial charge in [-0.05, 0) is 34.5 Å². The molecule has 3 rings (SSSR count). The summed E-state index contributed by atoms with van der Waals surface area (Å²) in [7, 11) is 1.63. The summed E-state index contributed by atoms with van der Waals surface area (Å²) in [5, 5.41) is 21.9. The van der Waals surface area contributed by atoms with Gasteiger partial charge in [-0.1, -0.05) is 41.9 Å². The highest BCUT2D eigenvalue weighted by atomic mass is 35.5. The number of hydrogen-bond acceptors (Lipinski definition) is 5. The Bertz CT molecular complexity index is 820. The molecule has 0 bridgehead atoms. The van der Waals surface area contributed by atoms with E-state index >= 15 is 0 Å². The first kappa shape index (κ1) is 17.4. The van der Waals surface area contributed by atoms with Crippen molar-refractivity contribution in [1.29, 1.82) is 0 Å². The van der Waals surface area contributed by atoms with Gasteiger partial charge >= 0.3 is 0 Å². The lowest BCUT2D eigenvalue weighted by Gasteiger charge is -2.18. The molecular formula is C18H18ClN4O2. The van der Waals surface area contributed by atoms with Crippen molar-refractivity contribution in [1.82, 2.24) is 20.2 Å². The third-order valence-electron chi connectivity index (χ3n) is 3.80. The van der Waals surface area contributed by atoms with E-state index in [1.165, 1.54) is 4.80 Å². The smallest absolute Gasteiger partial charge is 0.179 e. The Labute approximate surface area is 151 Å². The zero-order valence-corrected chi connectivity index (χ0v) is 14.5. The molecule has 1 N–H and O–H groups in total. The van der Waals surface area contributed by atoms with Crippen LogP contribution in [-0.2, 0) is 6.54 Å².